The van der Waals surface area contributed by atoms with Gasteiger partial charge in [0.05, 0.1) is 38.6 Å². The van der Waals surface area contributed by atoms with Gasteiger partial charge in [0.25, 0.3) is 5.17 Å². The molecule has 1 aromatic heterocycles. The number of thiocarbonyl (C=S) groups is 1. The molecule has 3 aromatic rings. The fraction of sp³-hybridized carbons (Fsp3) is 0.379. The van der Waals surface area contributed by atoms with Crippen LogP contribution in [-0.4, -0.2) is 55.5 Å². The van der Waals surface area contributed by atoms with Crippen LogP contribution in [0.25, 0.3) is 10.9 Å². The Hall–Kier alpha value is -3.36. The van der Waals surface area contributed by atoms with Gasteiger partial charge >= 0.3 is 0 Å². The minimum Gasteiger partial charge on any atom is -0.497 e. The number of methoxy groups -OCH3 is 3. The van der Waals surface area contributed by atoms with Crippen LogP contribution in [0, 0.1) is 11.8 Å². The van der Waals surface area contributed by atoms with Crippen LogP contribution in [0.3, 0.4) is 0 Å². The van der Waals surface area contributed by atoms with Crippen LogP contribution in [0.1, 0.15) is 24.5 Å². The van der Waals surface area contributed by atoms with Gasteiger partial charge in [0.2, 0.25) is 0 Å². The molecule has 3 unspecified atom stereocenters. The maximum atomic E-state index is 6.64. The van der Waals surface area contributed by atoms with Crippen molar-refractivity contribution < 1.29 is 18.9 Å². The molecule has 3 aliphatic rings. The first-order valence-corrected chi connectivity index (χ1v) is 12.9. The molecule has 37 heavy (non-hydrogen) atoms. The first-order valence-electron chi connectivity index (χ1n) is 12.5. The SMILES string of the molecule is C=CC1CN2CCC1C[C@H]2[C@H](OC(=S)Nc1ccc(OC)cc1OC)c1ccnc2ccc(OC)cc12. The van der Waals surface area contributed by atoms with Gasteiger partial charge in [-0.25, -0.2) is 0 Å². The summed E-state index contributed by atoms with van der Waals surface area (Å²) in [5.74, 6) is 3.20. The zero-order chi connectivity index (χ0) is 25.9. The smallest absolute Gasteiger partial charge is 0.261 e. The van der Waals surface area contributed by atoms with Gasteiger partial charge in [-0.1, -0.05) is 6.08 Å². The number of rotatable bonds is 8. The Balaban J connectivity index is 1.50. The fourth-order valence-corrected chi connectivity index (χ4v) is 5.93. The normalized spacial score (nSPS) is 23.2. The number of nitrogens with zero attached hydrogens (tertiary/aromatic N) is 2. The Morgan fingerprint density at radius 3 is 2.59 bits per heavy atom. The summed E-state index contributed by atoms with van der Waals surface area (Å²) < 4.78 is 23.0. The van der Waals surface area contributed by atoms with E-state index in [9.17, 15) is 0 Å². The second-order valence-corrected chi connectivity index (χ2v) is 9.92. The summed E-state index contributed by atoms with van der Waals surface area (Å²) in [7, 11) is 4.91. The largest absolute Gasteiger partial charge is 0.497 e. The average Bonchev–Trinajstić information content (AvgIpc) is 2.95. The third-order valence-electron chi connectivity index (χ3n) is 7.67. The molecule has 0 amide bonds. The van der Waals surface area contributed by atoms with Gasteiger partial charge in [0.15, 0.2) is 0 Å². The summed E-state index contributed by atoms with van der Waals surface area (Å²) in [5, 5.41) is 4.52. The van der Waals surface area contributed by atoms with E-state index in [1.165, 1.54) is 6.42 Å². The summed E-state index contributed by atoms with van der Waals surface area (Å²) in [4.78, 5) is 7.12. The molecule has 0 aliphatic carbocycles. The lowest BCUT2D eigenvalue weighted by Gasteiger charge is -2.51. The highest BCUT2D eigenvalue weighted by atomic mass is 32.1. The molecule has 3 saturated heterocycles. The van der Waals surface area contributed by atoms with Crippen molar-refractivity contribution in [3.63, 3.8) is 0 Å². The number of anilines is 1. The lowest BCUT2D eigenvalue weighted by Crippen LogP contribution is -2.55. The Kier molecular flexibility index (Phi) is 7.48. The van der Waals surface area contributed by atoms with Crippen molar-refractivity contribution >= 4 is 34.0 Å². The molecule has 0 radical (unpaired) electrons. The summed E-state index contributed by atoms with van der Waals surface area (Å²) in [5.41, 5.74) is 2.65. The molecule has 2 aromatic carbocycles. The molecule has 2 bridgehead atoms. The predicted octanol–water partition coefficient (Wildman–Crippen LogP) is 5.61. The molecule has 0 spiro atoms. The van der Waals surface area contributed by atoms with E-state index in [1.54, 1.807) is 21.3 Å². The highest BCUT2D eigenvalue weighted by Crippen LogP contribution is 2.44. The van der Waals surface area contributed by atoms with Crippen LogP contribution in [0.2, 0.25) is 0 Å². The quantitative estimate of drug-likeness (QED) is 0.304. The highest BCUT2D eigenvalue weighted by molar-refractivity contribution is 7.80. The first kappa shape index (κ1) is 25.3. The number of nitrogens with one attached hydrogen (secondary N) is 1. The zero-order valence-electron chi connectivity index (χ0n) is 21.5. The number of aromatic nitrogens is 1. The van der Waals surface area contributed by atoms with Gasteiger partial charge in [0, 0.05) is 29.8 Å². The van der Waals surface area contributed by atoms with Gasteiger partial charge in [-0.15, -0.1) is 6.58 Å². The molecule has 4 heterocycles. The predicted molar refractivity (Wildman–Crippen MR) is 150 cm³/mol. The van der Waals surface area contributed by atoms with Crippen LogP contribution in [-0.2, 0) is 4.74 Å². The van der Waals surface area contributed by atoms with Crippen molar-refractivity contribution in [1.82, 2.24) is 9.88 Å². The van der Waals surface area contributed by atoms with E-state index >= 15 is 0 Å². The minimum atomic E-state index is -0.296. The Morgan fingerprint density at radius 1 is 1.11 bits per heavy atom. The van der Waals surface area contributed by atoms with Gasteiger partial charge in [-0.3, -0.25) is 9.88 Å². The van der Waals surface area contributed by atoms with Gasteiger partial charge in [-0.2, -0.15) is 0 Å². The summed E-state index contributed by atoms with van der Waals surface area (Å²) in [6.45, 7) is 6.11. The van der Waals surface area contributed by atoms with Crippen LogP contribution in [0.15, 0.2) is 61.3 Å². The molecule has 5 atom stereocenters. The van der Waals surface area contributed by atoms with E-state index in [2.05, 4.69) is 27.9 Å². The Labute approximate surface area is 223 Å². The minimum absolute atomic E-state index is 0.171. The number of fused-ring (bicyclic) bond motifs is 4. The van der Waals surface area contributed by atoms with Crippen LogP contribution in [0.5, 0.6) is 17.2 Å². The van der Waals surface area contributed by atoms with Crippen LogP contribution < -0.4 is 19.5 Å². The number of hydrogen-bond acceptors (Lipinski definition) is 7. The molecule has 1 N–H and O–H groups in total. The second-order valence-electron chi connectivity index (χ2n) is 9.55. The number of piperidine rings is 3. The van der Waals surface area contributed by atoms with Crippen molar-refractivity contribution in [2.24, 2.45) is 11.8 Å². The van der Waals surface area contributed by atoms with Crippen molar-refractivity contribution in [3.05, 3.63) is 66.9 Å². The standard InChI is InChI=1S/C29H33N3O4S/c1-5-18-17-32-13-11-19(18)14-26(32)28(22-10-12-30-24-8-6-20(33-2)15-23(22)24)36-29(37)31-25-9-7-21(34-3)16-27(25)35-4/h5-10,12,15-16,18-19,26,28H,1,11,13-14,17H2,2-4H3,(H,31,37)/t18?,19?,26-,28+/m0/s1. The molecule has 0 saturated carbocycles. The summed E-state index contributed by atoms with van der Waals surface area (Å²) >= 11 is 5.76. The average molecular weight is 520 g/mol. The molecular formula is C29H33N3O4S. The third kappa shape index (κ3) is 5.08. The van der Waals surface area contributed by atoms with E-state index in [0.29, 0.717) is 29.0 Å². The van der Waals surface area contributed by atoms with Crippen molar-refractivity contribution in [1.29, 1.82) is 0 Å². The molecule has 3 aliphatic heterocycles. The van der Waals surface area contributed by atoms with Crippen LogP contribution >= 0.6 is 12.2 Å². The second kappa shape index (κ2) is 10.9. The van der Waals surface area contributed by atoms with E-state index in [4.69, 9.17) is 31.2 Å². The van der Waals surface area contributed by atoms with E-state index < -0.39 is 0 Å². The summed E-state index contributed by atoms with van der Waals surface area (Å²) in [6, 6.07) is 13.7. The fourth-order valence-electron chi connectivity index (χ4n) is 5.72. The summed E-state index contributed by atoms with van der Waals surface area (Å²) in [6.07, 6.45) is 5.85. The Morgan fingerprint density at radius 2 is 1.89 bits per heavy atom. The molecule has 3 fully saturated rings. The van der Waals surface area contributed by atoms with Crippen LogP contribution in [0.4, 0.5) is 5.69 Å². The number of benzene rings is 2. The van der Waals surface area contributed by atoms with E-state index in [0.717, 1.165) is 41.7 Å². The lowest BCUT2D eigenvalue weighted by atomic mass is 9.73. The van der Waals surface area contributed by atoms with Crippen molar-refractivity contribution in [2.45, 2.75) is 25.0 Å². The zero-order valence-corrected chi connectivity index (χ0v) is 22.3. The molecule has 194 valence electrons. The van der Waals surface area contributed by atoms with Gasteiger partial charge in [-0.05, 0) is 79.8 Å². The van der Waals surface area contributed by atoms with Crippen molar-refractivity contribution in [2.75, 3.05) is 39.7 Å². The Bertz CT molecular complexity index is 1300. The number of ether oxygens (including phenoxy) is 4. The topological polar surface area (TPSA) is 65.1 Å². The molecular weight excluding hydrogens is 486 g/mol. The number of pyridine rings is 1. The van der Waals surface area contributed by atoms with E-state index in [-0.39, 0.29) is 17.3 Å². The lowest BCUT2D eigenvalue weighted by molar-refractivity contribution is -0.0386. The van der Waals surface area contributed by atoms with Crippen molar-refractivity contribution in [3.8, 4) is 17.2 Å². The van der Waals surface area contributed by atoms with E-state index in [1.807, 2.05) is 48.7 Å². The maximum Gasteiger partial charge on any atom is 0.261 e. The highest BCUT2D eigenvalue weighted by Gasteiger charge is 2.44. The molecule has 7 nitrogen and oxygen atoms in total. The van der Waals surface area contributed by atoms with Gasteiger partial charge < -0.3 is 24.3 Å². The third-order valence-corrected chi connectivity index (χ3v) is 7.87. The number of hydrogen-bond donors (Lipinski definition) is 1. The molecule has 8 heteroatoms. The monoisotopic (exact) mass is 519 g/mol. The molecule has 6 rings (SSSR count). The van der Waals surface area contributed by atoms with Gasteiger partial charge in [0.1, 0.15) is 23.4 Å². The first-order chi connectivity index (χ1) is 18.0. The maximum absolute atomic E-state index is 6.64.